The first-order valence-electron chi connectivity index (χ1n) is 18.1. The van der Waals surface area contributed by atoms with Crippen LogP contribution in [0.3, 0.4) is 0 Å². The highest BCUT2D eigenvalue weighted by atomic mass is 32.1. The van der Waals surface area contributed by atoms with Gasteiger partial charge in [-0.05, 0) is 77.9 Å². The van der Waals surface area contributed by atoms with Gasteiger partial charge in [0.1, 0.15) is 18.0 Å². The van der Waals surface area contributed by atoms with Gasteiger partial charge in [-0.15, -0.1) is 11.3 Å². The molecule has 0 aliphatic carbocycles. The zero-order chi connectivity index (χ0) is 35.0. The van der Waals surface area contributed by atoms with Gasteiger partial charge < -0.3 is 14.6 Å². The van der Waals surface area contributed by atoms with Crippen LogP contribution in [-0.2, 0) is 23.9 Å². The number of aliphatic hydroxyl groups excluding tert-OH is 1. The van der Waals surface area contributed by atoms with Gasteiger partial charge in [0.15, 0.2) is 0 Å². The molecule has 0 spiro atoms. The molecule has 0 aromatic carbocycles. The maximum atomic E-state index is 13.9. The second-order valence-corrected chi connectivity index (χ2v) is 15.5. The average molecular weight is 674 g/mol. The van der Waals surface area contributed by atoms with E-state index in [-0.39, 0.29) is 24.5 Å². The summed E-state index contributed by atoms with van der Waals surface area (Å²) in [4.78, 5) is 45.2. The van der Waals surface area contributed by atoms with E-state index in [1.165, 1.54) is 44.1 Å². The molecule has 0 saturated heterocycles. The van der Waals surface area contributed by atoms with E-state index in [0.29, 0.717) is 12.8 Å². The largest absolute Gasteiger partial charge is 0.461 e. The van der Waals surface area contributed by atoms with Gasteiger partial charge in [-0.25, -0.2) is 4.98 Å². The number of thiazole rings is 1. The molecule has 0 saturated carbocycles. The number of allylic oxidation sites excluding steroid dienone is 1. The maximum absolute atomic E-state index is 13.9. The van der Waals surface area contributed by atoms with E-state index in [1.54, 1.807) is 32.1 Å². The number of carbonyl (C=O) groups excluding carboxylic acids is 3. The molecule has 47 heavy (non-hydrogen) atoms. The van der Waals surface area contributed by atoms with Gasteiger partial charge in [0.2, 0.25) is 0 Å². The fourth-order valence-corrected chi connectivity index (χ4v) is 6.95. The van der Waals surface area contributed by atoms with Gasteiger partial charge in [-0.3, -0.25) is 14.4 Å². The van der Waals surface area contributed by atoms with Crippen LogP contribution < -0.4 is 0 Å². The van der Waals surface area contributed by atoms with E-state index < -0.39 is 41.6 Å². The Morgan fingerprint density at radius 1 is 1.09 bits per heavy atom. The lowest BCUT2D eigenvalue weighted by Crippen LogP contribution is -2.47. The van der Waals surface area contributed by atoms with E-state index >= 15 is 0 Å². The highest BCUT2D eigenvalue weighted by Crippen LogP contribution is 2.34. The van der Waals surface area contributed by atoms with Crippen LogP contribution in [0.25, 0.3) is 6.08 Å². The number of cyclic esters (lactones) is 1. The second-order valence-electron chi connectivity index (χ2n) is 14.4. The summed E-state index contributed by atoms with van der Waals surface area (Å²) in [6.45, 7) is 15.3. The van der Waals surface area contributed by atoms with Crippen LogP contribution in [0.5, 0.6) is 0 Å². The van der Waals surface area contributed by atoms with Gasteiger partial charge in [-0.2, -0.15) is 0 Å². The number of hydrogen-bond acceptors (Lipinski definition) is 8. The number of aromatic nitrogens is 1. The van der Waals surface area contributed by atoms with Crippen molar-refractivity contribution in [1.82, 2.24) is 4.98 Å². The van der Waals surface area contributed by atoms with E-state index in [0.717, 1.165) is 48.4 Å². The minimum Gasteiger partial charge on any atom is -0.461 e. The lowest BCUT2D eigenvalue weighted by atomic mass is 9.72. The Balaban J connectivity index is 2.25. The SMILES string of the molecule is CCCCCCCCCCCC(=O)O[C@H]1CC(=O)OC(C(C)=Cc2csc(C)n2)CC=C(C)CCC[C@@H](C)[C@H](O)[C@@H](C)C(=O)C1(C)C. The lowest BCUT2D eigenvalue weighted by molar-refractivity contribution is -0.167. The maximum Gasteiger partial charge on any atom is 0.310 e. The van der Waals surface area contributed by atoms with Crippen molar-refractivity contribution >= 4 is 35.1 Å². The average Bonchev–Trinajstić information content (AvgIpc) is 3.43. The quantitative estimate of drug-likeness (QED) is 0.126. The van der Waals surface area contributed by atoms with Crippen molar-refractivity contribution in [2.24, 2.45) is 17.3 Å². The number of ether oxygens (including phenoxy) is 2. The van der Waals surface area contributed by atoms with Crippen LogP contribution in [0.1, 0.15) is 155 Å². The van der Waals surface area contributed by atoms with Crippen molar-refractivity contribution in [3.8, 4) is 0 Å². The summed E-state index contributed by atoms with van der Waals surface area (Å²) in [7, 11) is 0. The van der Waals surface area contributed by atoms with Crippen molar-refractivity contribution in [2.75, 3.05) is 0 Å². The molecule has 1 aliphatic heterocycles. The van der Waals surface area contributed by atoms with Crippen LogP contribution >= 0.6 is 11.3 Å². The van der Waals surface area contributed by atoms with Crippen LogP contribution in [0.15, 0.2) is 22.6 Å². The van der Waals surface area contributed by atoms with Crippen molar-refractivity contribution in [1.29, 1.82) is 0 Å². The lowest BCUT2D eigenvalue weighted by Gasteiger charge is -2.36. The van der Waals surface area contributed by atoms with Gasteiger partial charge in [0, 0.05) is 24.1 Å². The fraction of sp³-hybridized carbons (Fsp3) is 0.744. The van der Waals surface area contributed by atoms with E-state index in [4.69, 9.17) is 9.47 Å². The Bertz CT molecular complexity index is 1180. The minimum atomic E-state index is -1.21. The zero-order valence-electron chi connectivity index (χ0n) is 30.6. The molecule has 1 aromatic heterocycles. The molecule has 0 fully saturated rings. The highest BCUT2D eigenvalue weighted by molar-refractivity contribution is 7.09. The van der Waals surface area contributed by atoms with Crippen LogP contribution in [0.2, 0.25) is 0 Å². The van der Waals surface area contributed by atoms with Crippen LogP contribution in [0, 0.1) is 24.2 Å². The summed E-state index contributed by atoms with van der Waals surface area (Å²) in [5.41, 5.74) is 1.67. The predicted octanol–water partition coefficient (Wildman–Crippen LogP) is 9.74. The molecule has 1 unspecified atom stereocenters. The number of carbonyl (C=O) groups is 3. The Morgan fingerprint density at radius 3 is 2.34 bits per heavy atom. The molecule has 7 nitrogen and oxygen atoms in total. The Morgan fingerprint density at radius 2 is 1.72 bits per heavy atom. The molecule has 8 heteroatoms. The molecule has 0 bridgehead atoms. The predicted molar refractivity (Wildman–Crippen MR) is 192 cm³/mol. The van der Waals surface area contributed by atoms with Gasteiger partial charge in [0.25, 0.3) is 0 Å². The second kappa shape index (κ2) is 20.9. The normalized spacial score (nSPS) is 25.3. The van der Waals surface area contributed by atoms with Crippen LogP contribution in [-0.4, -0.2) is 46.1 Å². The topological polar surface area (TPSA) is 103 Å². The summed E-state index contributed by atoms with van der Waals surface area (Å²) in [6, 6.07) is 0. The standard InChI is InChI=1S/C39H63NO6S/c1-9-10-11-12-13-14-15-16-17-21-35(41)46-34-25-36(42)45-33(29(4)24-32-26-47-31(6)40-32)23-22-27(2)19-18-20-28(3)37(43)30(5)38(44)39(34,7)8/h22,24,26,28,30,33-34,37,43H,9-21,23,25H2,1-8H3/t28-,30-,33?,34+,37+/m1/s1. The highest BCUT2D eigenvalue weighted by Gasteiger charge is 2.45. The molecule has 266 valence electrons. The summed E-state index contributed by atoms with van der Waals surface area (Å²) >= 11 is 1.57. The number of aliphatic hydroxyl groups is 1. The van der Waals surface area contributed by atoms with Gasteiger partial charge in [0.05, 0.1) is 28.6 Å². The molecular weight excluding hydrogens is 610 g/mol. The number of ketones is 1. The monoisotopic (exact) mass is 673 g/mol. The summed E-state index contributed by atoms with van der Waals surface area (Å²) in [6.07, 6.45) is 14.9. The molecule has 2 heterocycles. The zero-order valence-corrected chi connectivity index (χ0v) is 31.4. The number of aryl methyl sites for hydroxylation is 1. The van der Waals surface area contributed by atoms with Crippen molar-refractivity contribution < 1.29 is 29.0 Å². The first-order valence-corrected chi connectivity index (χ1v) is 19.0. The third kappa shape index (κ3) is 14.4. The van der Waals surface area contributed by atoms with Gasteiger partial charge >= 0.3 is 11.9 Å². The summed E-state index contributed by atoms with van der Waals surface area (Å²) < 4.78 is 12.0. The molecule has 1 N–H and O–H groups in total. The number of rotatable bonds is 13. The Labute approximate surface area is 289 Å². The first kappa shape index (κ1) is 40.9. The van der Waals surface area contributed by atoms with Crippen molar-refractivity contribution in [2.45, 2.75) is 170 Å². The van der Waals surface area contributed by atoms with E-state index in [2.05, 4.69) is 24.9 Å². The molecule has 1 aromatic rings. The molecular formula is C39H63NO6S. The Kier molecular flexibility index (Phi) is 18.2. The van der Waals surface area contributed by atoms with Crippen LogP contribution in [0.4, 0.5) is 0 Å². The van der Waals surface area contributed by atoms with E-state index in [9.17, 15) is 19.5 Å². The van der Waals surface area contributed by atoms with Crippen molar-refractivity contribution in [3.63, 3.8) is 0 Å². The number of unbranched alkanes of at least 4 members (excludes halogenated alkanes) is 8. The number of nitrogens with zero attached hydrogens (tertiary/aromatic N) is 1. The third-order valence-corrected chi connectivity index (χ3v) is 10.6. The third-order valence-electron chi connectivity index (χ3n) is 9.76. The fourth-order valence-electron chi connectivity index (χ4n) is 6.38. The number of hydrogen-bond donors (Lipinski definition) is 1. The van der Waals surface area contributed by atoms with Crippen molar-refractivity contribution in [3.05, 3.63) is 33.3 Å². The van der Waals surface area contributed by atoms with Gasteiger partial charge in [-0.1, -0.05) is 83.8 Å². The molecule has 0 amide bonds. The molecule has 0 radical (unpaired) electrons. The molecule has 5 atom stereocenters. The summed E-state index contributed by atoms with van der Waals surface area (Å²) in [5, 5.41) is 14.1. The van der Waals surface area contributed by atoms with E-state index in [1.807, 2.05) is 32.2 Å². The minimum absolute atomic E-state index is 0.0810. The number of Topliss-reactive ketones (excluding diaryl/α,β-unsaturated/α-hetero) is 1. The molecule has 2 rings (SSSR count). The number of esters is 2. The molecule has 1 aliphatic rings. The summed E-state index contributed by atoms with van der Waals surface area (Å²) in [5.74, 6) is -1.92. The smallest absolute Gasteiger partial charge is 0.310 e. The first-order chi connectivity index (χ1) is 22.3. The Hall–Kier alpha value is -2.32.